The van der Waals surface area contributed by atoms with Gasteiger partial charge in [0.1, 0.15) is 11.4 Å². The summed E-state index contributed by atoms with van der Waals surface area (Å²) >= 11 is 0. The van der Waals surface area contributed by atoms with Crippen LogP contribution in [0.25, 0.3) is 11.3 Å². The summed E-state index contributed by atoms with van der Waals surface area (Å²) in [4.78, 5) is 11.4. The van der Waals surface area contributed by atoms with Gasteiger partial charge >= 0.3 is 5.97 Å². The maximum Gasteiger partial charge on any atom is 0.358 e. The van der Waals surface area contributed by atoms with Crippen LogP contribution in [0.4, 0.5) is 0 Å². The van der Waals surface area contributed by atoms with Crippen molar-refractivity contribution >= 4 is 5.97 Å². The fourth-order valence-corrected chi connectivity index (χ4v) is 2.12. The van der Waals surface area contributed by atoms with Crippen molar-refractivity contribution in [2.45, 2.75) is 26.8 Å². The molecule has 0 aliphatic rings. The average Bonchev–Trinajstić information content (AvgIpc) is 2.90. The van der Waals surface area contributed by atoms with Crippen molar-refractivity contribution in [3.05, 3.63) is 30.0 Å². The van der Waals surface area contributed by atoms with Crippen LogP contribution >= 0.6 is 0 Å². The van der Waals surface area contributed by atoms with E-state index in [-0.39, 0.29) is 5.69 Å². The van der Waals surface area contributed by atoms with E-state index in [0.717, 1.165) is 6.42 Å². The highest BCUT2D eigenvalue weighted by molar-refractivity contribution is 5.93. The number of para-hydroxylation sites is 1. The molecule has 0 saturated heterocycles. The van der Waals surface area contributed by atoms with Gasteiger partial charge in [-0.25, -0.2) is 9.48 Å². The van der Waals surface area contributed by atoms with E-state index in [2.05, 4.69) is 24.2 Å². The number of rotatable bonds is 6. The Labute approximate surface area is 123 Å². The average molecular weight is 289 g/mol. The predicted molar refractivity (Wildman–Crippen MR) is 78.4 cm³/mol. The van der Waals surface area contributed by atoms with Crippen LogP contribution in [0.15, 0.2) is 24.3 Å². The summed E-state index contributed by atoms with van der Waals surface area (Å²) in [7, 11) is 1.56. The van der Waals surface area contributed by atoms with Gasteiger partial charge in [-0.1, -0.05) is 37.6 Å². The van der Waals surface area contributed by atoms with Crippen molar-refractivity contribution in [2.75, 3.05) is 7.11 Å². The molecular weight excluding hydrogens is 270 g/mol. The summed E-state index contributed by atoms with van der Waals surface area (Å²) < 4.78 is 6.98. The molecule has 0 spiro atoms. The van der Waals surface area contributed by atoms with Crippen molar-refractivity contribution in [3.8, 4) is 17.0 Å². The normalized spacial score (nSPS) is 12.1. The Balaban J connectivity index is 2.58. The van der Waals surface area contributed by atoms with Gasteiger partial charge in [0, 0.05) is 12.1 Å². The highest BCUT2D eigenvalue weighted by atomic mass is 16.5. The van der Waals surface area contributed by atoms with Crippen molar-refractivity contribution in [1.29, 1.82) is 0 Å². The zero-order chi connectivity index (χ0) is 15.4. The van der Waals surface area contributed by atoms with Crippen LogP contribution in [0.3, 0.4) is 0 Å². The van der Waals surface area contributed by atoms with Crippen molar-refractivity contribution in [2.24, 2.45) is 5.92 Å². The Morgan fingerprint density at radius 2 is 2.14 bits per heavy atom. The SMILES string of the molecule is CCC(C)Cn1nnc(C(=O)O)c1-c1ccccc1OC. The molecular formula is C15H19N3O3. The molecule has 0 radical (unpaired) electrons. The summed E-state index contributed by atoms with van der Waals surface area (Å²) in [5, 5.41) is 17.2. The number of ether oxygens (including phenoxy) is 1. The molecule has 1 unspecified atom stereocenters. The van der Waals surface area contributed by atoms with Gasteiger partial charge in [0.15, 0.2) is 5.69 Å². The number of aromatic carboxylic acids is 1. The van der Waals surface area contributed by atoms with Gasteiger partial charge in [-0.15, -0.1) is 5.10 Å². The first-order chi connectivity index (χ1) is 10.1. The number of carboxylic acid groups (broad SMARTS) is 1. The smallest absolute Gasteiger partial charge is 0.358 e. The Morgan fingerprint density at radius 3 is 2.76 bits per heavy atom. The van der Waals surface area contributed by atoms with E-state index in [4.69, 9.17) is 4.74 Å². The molecule has 2 aromatic rings. The zero-order valence-corrected chi connectivity index (χ0v) is 12.4. The molecule has 1 aromatic heterocycles. The van der Waals surface area contributed by atoms with Crippen LogP contribution in [0.2, 0.25) is 0 Å². The van der Waals surface area contributed by atoms with E-state index in [0.29, 0.717) is 29.5 Å². The molecule has 0 aliphatic carbocycles. The lowest BCUT2D eigenvalue weighted by Gasteiger charge is -2.13. The fourth-order valence-electron chi connectivity index (χ4n) is 2.12. The van der Waals surface area contributed by atoms with E-state index >= 15 is 0 Å². The number of carbonyl (C=O) groups is 1. The molecule has 6 nitrogen and oxygen atoms in total. The monoisotopic (exact) mass is 289 g/mol. The van der Waals surface area contributed by atoms with Gasteiger partial charge in [0.25, 0.3) is 0 Å². The lowest BCUT2D eigenvalue weighted by atomic mass is 10.1. The first kappa shape index (κ1) is 15.0. The summed E-state index contributed by atoms with van der Waals surface area (Å²) in [6.45, 7) is 4.79. The fraction of sp³-hybridized carbons (Fsp3) is 0.400. The molecule has 0 fully saturated rings. The van der Waals surface area contributed by atoms with E-state index in [9.17, 15) is 9.90 Å². The molecule has 1 aromatic carbocycles. The van der Waals surface area contributed by atoms with Gasteiger partial charge in [-0.05, 0) is 18.1 Å². The topological polar surface area (TPSA) is 77.2 Å². The van der Waals surface area contributed by atoms with Crippen LogP contribution in [-0.2, 0) is 6.54 Å². The number of hydrogen-bond acceptors (Lipinski definition) is 4. The molecule has 2 rings (SSSR count). The van der Waals surface area contributed by atoms with Crippen molar-refractivity contribution in [3.63, 3.8) is 0 Å². The minimum absolute atomic E-state index is 0.0530. The molecule has 112 valence electrons. The van der Waals surface area contributed by atoms with Crippen LogP contribution in [0, 0.1) is 5.92 Å². The highest BCUT2D eigenvalue weighted by Gasteiger charge is 2.23. The Morgan fingerprint density at radius 1 is 1.43 bits per heavy atom. The second-order valence-corrected chi connectivity index (χ2v) is 4.99. The minimum atomic E-state index is -1.09. The molecule has 1 atom stereocenters. The Hall–Kier alpha value is -2.37. The van der Waals surface area contributed by atoms with Gasteiger partial charge in [-0.2, -0.15) is 0 Å². The van der Waals surface area contributed by atoms with Gasteiger partial charge in [0.05, 0.1) is 7.11 Å². The van der Waals surface area contributed by atoms with Crippen molar-refractivity contribution < 1.29 is 14.6 Å². The van der Waals surface area contributed by atoms with Gasteiger partial charge < -0.3 is 9.84 Å². The third kappa shape index (κ3) is 3.04. The predicted octanol–water partition coefficient (Wildman–Crippen LogP) is 2.70. The van der Waals surface area contributed by atoms with Crippen LogP contribution in [-0.4, -0.2) is 33.2 Å². The Bertz CT molecular complexity index is 637. The van der Waals surface area contributed by atoms with Crippen molar-refractivity contribution in [1.82, 2.24) is 15.0 Å². The van der Waals surface area contributed by atoms with E-state index in [1.54, 1.807) is 17.9 Å². The maximum atomic E-state index is 11.4. The molecule has 0 aliphatic heterocycles. The molecule has 1 heterocycles. The number of nitrogens with zero attached hydrogens (tertiary/aromatic N) is 3. The summed E-state index contributed by atoms with van der Waals surface area (Å²) in [5.41, 5.74) is 1.12. The molecule has 0 bridgehead atoms. The third-order valence-electron chi connectivity index (χ3n) is 3.48. The lowest BCUT2D eigenvalue weighted by molar-refractivity contribution is 0.0691. The maximum absolute atomic E-state index is 11.4. The largest absolute Gasteiger partial charge is 0.496 e. The van der Waals surface area contributed by atoms with Crippen LogP contribution in [0.5, 0.6) is 5.75 Å². The van der Waals surface area contributed by atoms with Gasteiger partial charge in [0.2, 0.25) is 0 Å². The van der Waals surface area contributed by atoms with Crippen LogP contribution in [0.1, 0.15) is 30.8 Å². The molecule has 6 heteroatoms. The minimum Gasteiger partial charge on any atom is -0.496 e. The van der Waals surface area contributed by atoms with Gasteiger partial charge in [-0.3, -0.25) is 0 Å². The quantitative estimate of drug-likeness (QED) is 0.884. The molecule has 0 saturated carbocycles. The summed E-state index contributed by atoms with van der Waals surface area (Å²) in [6, 6.07) is 7.29. The second kappa shape index (κ2) is 6.39. The van der Waals surface area contributed by atoms with E-state index in [1.165, 1.54) is 0 Å². The van der Waals surface area contributed by atoms with E-state index in [1.807, 2.05) is 18.2 Å². The number of hydrogen-bond donors (Lipinski definition) is 1. The van der Waals surface area contributed by atoms with E-state index < -0.39 is 5.97 Å². The summed E-state index contributed by atoms with van der Waals surface area (Å²) in [6.07, 6.45) is 0.980. The molecule has 1 N–H and O–H groups in total. The van der Waals surface area contributed by atoms with Crippen LogP contribution < -0.4 is 4.74 Å². The zero-order valence-electron chi connectivity index (χ0n) is 12.4. The number of carboxylic acids is 1. The standard InChI is InChI=1S/C15H19N3O3/c1-4-10(2)9-18-14(13(15(19)20)16-17-18)11-7-5-6-8-12(11)21-3/h5-8,10H,4,9H2,1-3H3,(H,19,20). The first-order valence-electron chi connectivity index (χ1n) is 6.88. The second-order valence-electron chi connectivity index (χ2n) is 4.99. The summed E-state index contributed by atoms with van der Waals surface area (Å²) in [5.74, 6) is -0.110. The number of aromatic nitrogens is 3. The number of benzene rings is 1. The highest BCUT2D eigenvalue weighted by Crippen LogP contribution is 2.31. The Kier molecular flexibility index (Phi) is 4.57. The first-order valence-corrected chi connectivity index (χ1v) is 6.88. The molecule has 21 heavy (non-hydrogen) atoms. The molecule has 0 amide bonds. The number of methoxy groups -OCH3 is 1. The third-order valence-corrected chi connectivity index (χ3v) is 3.48. The lowest BCUT2D eigenvalue weighted by Crippen LogP contribution is -2.11.